The summed E-state index contributed by atoms with van der Waals surface area (Å²) in [6.45, 7) is 0. The van der Waals surface area contributed by atoms with Crippen LogP contribution in [0.25, 0.3) is 99.2 Å². The fourth-order valence-electron chi connectivity index (χ4n) is 8.43. The van der Waals surface area contributed by atoms with Gasteiger partial charge in [-0.3, -0.25) is 0 Å². The van der Waals surface area contributed by atoms with Gasteiger partial charge in [-0.05, 0) is 102 Å². The second-order valence-electron chi connectivity index (χ2n) is 13.6. The Labute approximate surface area is 294 Å². The van der Waals surface area contributed by atoms with Gasteiger partial charge in [0, 0.05) is 43.7 Å². The standard InChI is InChI=1S/C48H32N2O/c1-2-11-34(12-3-1)49-42-17-7-4-13-37(42)40-29-32(23-27-44(40)49)33-24-28-45-41(30-33)38-14-5-8-18-43(38)50(45)35-25-21-31(22-26-35)36-16-10-20-47-48(36)39-15-6-9-19-46(39)51-47/h2,4-30H,1,3H2. The summed E-state index contributed by atoms with van der Waals surface area (Å²) in [6.07, 6.45) is 9.10. The topological polar surface area (TPSA) is 23.0 Å². The molecule has 0 fully saturated rings. The molecule has 0 saturated carbocycles. The number of aromatic nitrogens is 2. The molecular formula is C48H32N2O. The molecule has 3 heteroatoms. The first-order valence-corrected chi connectivity index (χ1v) is 17.8. The third-order valence-corrected chi connectivity index (χ3v) is 10.8. The lowest BCUT2D eigenvalue weighted by Crippen LogP contribution is -1.96. The van der Waals surface area contributed by atoms with E-state index >= 15 is 0 Å². The molecule has 0 N–H and O–H groups in total. The largest absolute Gasteiger partial charge is 0.456 e. The Hall–Kier alpha value is -6.58. The Morgan fingerprint density at radius 1 is 0.431 bits per heavy atom. The molecule has 0 saturated heterocycles. The van der Waals surface area contributed by atoms with Gasteiger partial charge in [0.2, 0.25) is 0 Å². The lowest BCUT2D eigenvalue weighted by atomic mass is 9.99. The smallest absolute Gasteiger partial charge is 0.136 e. The summed E-state index contributed by atoms with van der Waals surface area (Å²) in [5.74, 6) is 0. The molecule has 0 amide bonds. The first-order chi connectivity index (χ1) is 25.3. The minimum absolute atomic E-state index is 0.916. The van der Waals surface area contributed by atoms with Gasteiger partial charge in [-0.25, -0.2) is 0 Å². The van der Waals surface area contributed by atoms with E-state index in [0.29, 0.717) is 0 Å². The highest BCUT2D eigenvalue weighted by molar-refractivity contribution is 6.14. The molecule has 51 heavy (non-hydrogen) atoms. The number of fused-ring (bicyclic) bond motifs is 9. The van der Waals surface area contributed by atoms with Gasteiger partial charge in [-0.2, -0.15) is 0 Å². The van der Waals surface area contributed by atoms with Gasteiger partial charge in [0.15, 0.2) is 0 Å². The Kier molecular flexibility index (Phi) is 6.08. The summed E-state index contributed by atoms with van der Waals surface area (Å²) >= 11 is 0. The zero-order chi connectivity index (χ0) is 33.5. The number of para-hydroxylation sites is 3. The van der Waals surface area contributed by atoms with Gasteiger partial charge in [0.25, 0.3) is 0 Å². The molecule has 3 heterocycles. The molecule has 11 rings (SSSR count). The van der Waals surface area contributed by atoms with Crippen molar-refractivity contribution in [2.45, 2.75) is 12.8 Å². The molecule has 1 aliphatic carbocycles. The fourth-order valence-corrected chi connectivity index (χ4v) is 8.43. The third-order valence-electron chi connectivity index (χ3n) is 10.8. The van der Waals surface area contributed by atoms with E-state index in [-0.39, 0.29) is 0 Å². The molecule has 3 nitrogen and oxygen atoms in total. The molecule has 1 aliphatic rings. The lowest BCUT2D eigenvalue weighted by molar-refractivity contribution is 0.669. The maximum absolute atomic E-state index is 6.19. The summed E-state index contributed by atoms with van der Waals surface area (Å²) in [5.41, 5.74) is 13.9. The molecular weight excluding hydrogens is 621 g/mol. The van der Waals surface area contributed by atoms with Crippen LogP contribution in [0.4, 0.5) is 0 Å². The van der Waals surface area contributed by atoms with Crippen molar-refractivity contribution in [3.63, 3.8) is 0 Å². The van der Waals surface area contributed by atoms with Crippen molar-refractivity contribution in [2.75, 3.05) is 0 Å². The van der Waals surface area contributed by atoms with Crippen LogP contribution in [0.1, 0.15) is 12.8 Å². The van der Waals surface area contributed by atoms with Crippen LogP contribution < -0.4 is 0 Å². The predicted octanol–water partition coefficient (Wildman–Crippen LogP) is 13.3. The predicted molar refractivity (Wildman–Crippen MR) is 215 cm³/mol. The first-order valence-electron chi connectivity index (χ1n) is 17.8. The van der Waals surface area contributed by atoms with Crippen LogP contribution in [-0.4, -0.2) is 9.13 Å². The van der Waals surface area contributed by atoms with E-state index in [1.165, 1.54) is 71.6 Å². The fraction of sp³-hybridized carbons (Fsp3) is 0.0417. The Bertz CT molecular complexity index is 3070. The highest BCUT2D eigenvalue weighted by Crippen LogP contribution is 2.40. The van der Waals surface area contributed by atoms with Crippen LogP contribution in [0.15, 0.2) is 174 Å². The van der Waals surface area contributed by atoms with Crippen molar-refractivity contribution in [3.05, 3.63) is 170 Å². The maximum Gasteiger partial charge on any atom is 0.136 e. The number of hydrogen-bond donors (Lipinski definition) is 0. The molecule has 7 aromatic carbocycles. The number of hydrogen-bond acceptors (Lipinski definition) is 1. The van der Waals surface area contributed by atoms with Gasteiger partial charge in [-0.1, -0.05) is 103 Å². The van der Waals surface area contributed by atoms with E-state index in [9.17, 15) is 0 Å². The van der Waals surface area contributed by atoms with Crippen LogP contribution in [0.5, 0.6) is 0 Å². The molecule has 3 aromatic heterocycles. The molecule has 0 spiro atoms. The van der Waals surface area contributed by atoms with Crippen molar-refractivity contribution in [2.24, 2.45) is 0 Å². The van der Waals surface area contributed by atoms with Gasteiger partial charge in [0.05, 0.1) is 22.1 Å². The van der Waals surface area contributed by atoms with Gasteiger partial charge in [-0.15, -0.1) is 0 Å². The molecule has 10 aromatic rings. The van der Waals surface area contributed by atoms with Crippen molar-refractivity contribution >= 4 is 71.2 Å². The molecule has 0 aliphatic heterocycles. The SMILES string of the molecule is C1=CC(n2c3ccccc3c3cc(-c4ccc5c(c4)c4ccccc4n5-c4ccc(-c5cccc6oc7ccccc7c56)cc4)ccc32)=CCC1. The summed E-state index contributed by atoms with van der Waals surface area (Å²) in [4.78, 5) is 0. The highest BCUT2D eigenvalue weighted by atomic mass is 16.3. The van der Waals surface area contributed by atoms with Gasteiger partial charge >= 0.3 is 0 Å². The summed E-state index contributed by atoms with van der Waals surface area (Å²) in [7, 11) is 0. The van der Waals surface area contributed by atoms with E-state index < -0.39 is 0 Å². The minimum atomic E-state index is 0.916. The average molecular weight is 653 g/mol. The quantitative estimate of drug-likeness (QED) is 0.186. The molecule has 0 atom stereocenters. The average Bonchev–Trinajstić information content (AvgIpc) is 3.85. The van der Waals surface area contributed by atoms with E-state index in [4.69, 9.17) is 4.42 Å². The van der Waals surface area contributed by atoms with Crippen LogP contribution in [0.3, 0.4) is 0 Å². The third kappa shape index (κ3) is 4.25. The zero-order valence-corrected chi connectivity index (χ0v) is 27.9. The summed E-state index contributed by atoms with van der Waals surface area (Å²) in [6, 6.07) is 55.1. The number of rotatable bonds is 4. The van der Waals surface area contributed by atoms with Crippen LogP contribution in [0.2, 0.25) is 0 Å². The van der Waals surface area contributed by atoms with E-state index in [1.807, 2.05) is 12.1 Å². The van der Waals surface area contributed by atoms with Crippen molar-refractivity contribution < 1.29 is 4.42 Å². The van der Waals surface area contributed by atoms with Crippen LogP contribution >= 0.6 is 0 Å². The summed E-state index contributed by atoms with van der Waals surface area (Å²) in [5, 5.41) is 7.38. The summed E-state index contributed by atoms with van der Waals surface area (Å²) < 4.78 is 11.0. The second-order valence-corrected chi connectivity index (χ2v) is 13.6. The highest BCUT2D eigenvalue weighted by Gasteiger charge is 2.17. The van der Waals surface area contributed by atoms with E-state index in [1.54, 1.807) is 0 Å². The molecule has 240 valence electrons. The number of furan rings is 1. The normalized spacial score (nSPS) is 13.4. The number of allylic oxidation sites excluding steroid dienone is 4. The Morgan fingerprint density at radius 3 is 1.73 bits per heavy atom. The molecule has 0 radical (unpaired) electrons. The first kappa shape index (κ1) is 28.3. The monoisotopic (exact) mass is 652 g/mol. The van der Waals surface area contributed by atoms with E-state index in [2.05, 4.69) is 167 Å². The van der Waals surface area contributed by atoms with Crippen LogP contribution in [0, 0.1) is 0 Å². The number of benzene rings is 7. The second kappa shape index (κ2) is 11.0. The zero-order valence-electron chi connectivity index (χ0n) is 27.9. The minimum Gasteiger partial charge on any atom is -0.456 e. The van der Waals surface area contributed by atoms with Crippen molar-refractivity contribution in [3.8, 4) is 27.9 Å². The van der Waals surface area contributed by atoms with Crippen molar-refractivity contribution in [1.82, 2.24) is 9.13 Å². The van der Waals surface area contributed by atoms with E-state index in [0.717, 1.165) is 40.5 Å². The molecule has 0 bridgehead atoms. The Balaban J connectivity index is 1.04. The maximum atomic E-state index is 6.19. The van der Waals surface area contributed by atoms with Crippen molar-refractivity contribution in [1.29, 1.82) is 0 Å². The number of nitrogens with zero attached hydrogens (tertiary/aromatic N) is 2. The molecule has 0 unspecified atom stereocenters. The lowest BCUT2D eigenvalue weighted by Gasteiger charge is -2.12. The Morgan fingerprint density at radius 2 is 1.02 bits per heavy atom. The van der Waals surface area contributed by atoms with Crippen LogP contribution in [-0.2, 0) is 0 Å². The van der Waals surface area contributed by atoms with Gasteiger partial charge < -0.3 is 13.6 Å². The van der Waals surface area contributed by atoms with Gasteiger partial charge in [0.1, 0.15) is 11.2 Å².